The fourth-order valence-corrected chi connectivity index (χ4v) is 3.48. The number of nitrogens with zero attached hydrogens (tertiary/aromatic N) is 1. The molecule has 0 aliphatic carbocycles. The first-order valence-corrected chi connectivity index (χ1v) is 7.81. The molecule has 110 valence electrons. The van der Waals surface area contributed by atoms with Crippen molar-refractivity contribution in [2.24, 2.45) is 0 Å². The number of carbonyl (C=O) groups is 1. The van der Waals surface area contributed by atoms with Crippen molar-refractivity contribution in [1.29, 1.82) is 0 Å². The zero-order valence-electron chi connectivity index (χ0n) is 11.4. The molecule has 1 amide bonds. The molecular formula is C16H15F2NOS. The van der Waals surface area contributed by atoms with Gasteiger partial charge in [-0.1, -0.05) is 6.07 Å². The van der Waals surface area contributed by atoms with Gasteiger partial charge >= 0.3 is 0 Å². The number of likely N-dealkylation sites (tertiary alicyclic amines) is 1. The van der Waals surface area contributed by atoms with Gasteiger partial charge in [-0.3, -0.25) is 4.79 Å². The van der Waals surface area contributed by atoms with Gasteiger partial charge in [-0.25, -0.2) is 8.78 Å². The predicted octanol–water partition coefficient (Wildman–Crippen LogP) is 4.32. The van der Waals surface area contributed by atoms with Crippen molar-refractivity contribution < 1.29 is 13.6 Å². The summed E-state index contributed by atoms with van der Waals surface area (Å²) in [6.07, 6.45) is 3.27. The van der Waals surface area contributed by atoms with E-state index in [2.05, 4.69) is 0 Å². The van der Waals surface area contributed by atoms with Crippen LogP contribution >= 0.6 is 11.3 Å². The SMILES string of the molecule is O=C(c1ccc(-c2ccc(F)c(F)c2)s1)N1CCCCC1. The summed E-state index contributed by atoms with van der Waals surface area (Å²) in [6.45, 7) is 1.61. The number of thiophene rings is 1. The van der Waals surface area contributed by atoms with E-state index in [9.17, 15) is 13.6 Å². The number of piperidine rings is 1. The minimum Gasteiger partial charge on any atom is -0.338 e. The van der Waals surface area contributed by atoms with Crippen molar-refractivity contribution >= 4 is 17.2 Å². The number of hydrogen-bond donors (Lipinski definition) is 0. The maximum absolute atomic E-state index is 13.3. The van der Waals surface area contributed by atoms with Crippen molar-refractivity contribution in [2.45, 2.75) is 19.3 Å². The summed E-state index contributed by atoms with van der Waals surface area (Å²) in [6, 6.07) is 7.35. The number of hydrogen-bond acceptors (Lipinski definition) is 2. The summed E-state index contributed by atoms with van der Waals surface area (Å²) in [5, 5.41) is 0. The van der Waals surface area contributed by atoms with E-state index in [1.807, 2.05) is 4.90 Å². The topological polar surface area (TPSA) is 20.3 Å². The quantitative estimate of drug-likeness (QED) is 0.809. The predicted molar refractivity (Wildman–Crippen MR) is 79.4 cm³/mol. The van der Waals surface area contributed by atoms with Crippen LogP contribution in [0.15, 0.2) is 30.3 Å². The summed E-state index contributed by atoms with van der Waals surface area (Å²) in [4.78, 5) is 15.7. The van der Waals surface area contributed by atoms with Crippen molar-refractivity contribution in [3.8, 4) is 10.4 Å². The van der Waals surface area contributed by atoms with Crippen LogP contribution in [-0.4, -0.2) is 23.9 Å². The van der Waals surface area contributed by atoms with Gasteiger partial charge in [-0.15, -0.1) is 11.3 Å². The minimum absolute atomic E-state index is 0.0357. The lowest BCUT2D eigenvalue weighted by atomic mass is 10.1. The second-order valence-electron chi connectivity index (χ2n) is 5.15. The average Bonchev–Trinajstić information content (AvgIpc) is 3.00. The van der Waals surface area contributed by atoms with Crippen molar-refractivity contribution in [1.82, 2.24) is 4.90 Å². The molecule has 0 radical (unpaired) electrons. The lowest BCUT2D eigenvalue weighted by Gasteiger charge is -2.26. The van der Waals surface area contributed by atoms with Gasteiger partial charge in [0, 0.05) is 18.0 Å². The van der Waals surface area contributed by atoms with Crippen LogP contribution in [0.1, 0.15) is 28.9 Å². The van der Waals surface area contributed by atoms with Crippen LogP contribution in [0.3, 0.4) is 0 Å². The molecule has 1 saturated heterocycles. The molecule has 0 spiro atoms. The second-order valence-corrected chi connectivity index (χ2v) is 6.23. The molecule has 5 heteroatoms. The van der Waals surface area contributed by atoms with Gasteiger partial charge < -0.3 is 4.90 Å². The van der Waals surface area contributed by atoms with E-state index >= 15 is 0 Å². The number of benzene rings is 1. The molecule has 2 heterocycles. The normalized spacial score (nSPS) is 15.2. The van der Waals surface area contributed by atoms with Crippen LogP contribution in [0.4, 0.5) is 8.78 Å². The molecule has 1 aliphatic heterocycles. The monoisotopic (exact) mass is 307 g/mol. The molecule has 3 rings (SSSR count). The highest BCUT2D eigenvalue weighted by Crippen LogP contribution is 2.30. The van der Waals surface area contributed by atoms with E-state index in [4.69, 9.17) is 0 Å². The third kappa shape index (κ3) is 2.97. The highest BCUT2D eigenvalue weighted by Gasteiger charge is 2.20. The summed E-state index contributed by atoms with van der Waals surface area (Å²) in [7, 11) is 0. The van der Waals surface area contributed by atoms with Crippen LogP contribution in [0, 0.1) is 11.6 Å². The number of rotatable bonds is 2. The Kier molecular flexibility index (Phi) is 4.01. The van der Waals surface area contributed by atoms with Gasteiger partial charge in [-0.2, -0.15) is 0 Å². The van der Waals surface area contributed by atoms with Crippen molar-refractivity contribution in [2.75, 3.05) is 13.1 Å². The third-order valence-corrected chi connectivity index (χ3v) is 4.79. The zero-order chi connectivity index (χ0) is 14.8. The van der Waals surface area contributed by atoms with Gasteiger partial charge in [0.1, 0.15) is 0 Å². The lowest BCUT2D eigenvalue weighted by molar-refractivity contribution is 0.0729. The first kappa shape index (κ1) is 14.2. The highest BCUT2D eigenvalue weighted by atomic mass is 32.1. The molecule has 0 bridgehead atoms. The van der Waals surface area contributed by atoms with Gasteiger partial charge in [0.15, 0.2) is 11.6 Å². The number of halogens is 2. The smallest absolute Gasteiger partial charge is 0.263 e. The van der Waals surface area contributed by atoms with E-state index < -0.39 is 11.6 Å². The third-order valence-electron chi connectivity index (χ3n) is 3.66. The van der Waals surface area contributed by atoms with E-state index in [1.54, 1.807) is 12.1 Å². The first-order chi connectivity index (χ1) is 10.1. The summed E-state index contributed by atoms with van der Waals surface area (Å²) >= 11 is 1.32. The molecule has 0 N–H and O–H groups in total. The molecule has 1 aliphatic rings. The van der Waals surface area contributed by atoms with Crippen LogP contribution in [0.25, 0.3) is 10.4 Å². The summed E-state index contributed by atoms with van der Waals surface area (Å²) < 4.78 is 26.2. The molecule has 0 atom stereocenters. The Morgan fingerprint density at radius 3 is 2.48 bits per heavy atom. The molecule has 0 unspecified atom stereocenters. The second kappa shape index (κ2) is 5.93. The Morgan fingerprint density at radius 2 is 1.76 bits per heavy atom. The molecule has 0 saturated carbocycles. The van der Waals surface area contributed by atoms with Crippen molar-refractivity contribution in [3.63, 3.8) is 0 Å². The van der Waals surface area contributed by atoms with E-state index in [1.165, 1.54) is 23.8 Å². The highest BCUT2D eigenvalue weighted by molar-refractivity contribution is 7.17. The largest absolute Gasteiger partial charge is 0.338 e. The minimum atomic E-state index is -0.871. The van der Waals surface area contributed by atoms with Crippen molar-refractivity contribution in [3.05, 3.63) is 46.8 Å². The van der Waals surface area contributed by atoms with Gasteiger partial charge in [0.2, 0.25) is 0 Å². The average molecular weight is 307 g/mol. The number of amides is 1. The number of carbonyl (C=O) groups excluding carboxylic acids is 1. The maximum Gasteiger partial charge on any atom is 0.263 e. The molecular weight excluding hydrogens is 292 g/mol. The first-order valence-electron chi connectivity index (χ1n) is 7.00. The van der Waals surface area contributed by atoms with Crippen LogP contribution < -0.4 is 0 Å². The van der Waals surface area contributed by atoms with Crippen LogP contribution in [0.5, 0.6) is 0 Å². The Bertz CT molecular complexity index is 662. The fraction of sp³-hybridized carbons (Fsp3) is 0.312. The van der Waals surface area contributed by atoms with Crippen LogP contribution in [-0.2, 0) is 0 Å². The Labute approximate surface area is 126 Å². The zero-order valence-corrected chi connectivity index (χ0v) is 12.3. The fourth-order valence-electron chi connectivity index (χ4n) is 2.51. The van der Waals surface area contributed by atoms with Gasteiger partial charge in [0.25, 0.3) is 5.91 Å². The Morgan fingerprint density at radius 1 is 1.00 bits per heavy atom. The molecule has 1 fully saturated rings. The maximum atomic E-state index is 13.3. The van der Waals surface area contributed by atoms with Crippen LogP contribution in [0.2, 0.25) is 0 Å². The van der Waals surface area contributed by atoms with Gasteiger partial charge in [0.05, 0.1) is 4.88 Å². The molecule has 1 aromatic heterocycles. The molecule has 2 aromatic rings. The Balaban J connectivity index is 1.82. The van der Waals surface area contributed by atoms with E-state index in [0.29, 0.717) is 10.4 Å². The van der Waals surface area contributed by atoms with Gasteiger partial charge in [-0.05, 0) is 49.1 Å². The summed E-state index contributed by atoms with van der Waals surface area (Å²) in [5.41, 5.74) is 0.594. The molecule has 2 nitrogen and oxygen atoms in total. The van der Waals surface area contributed by atoms with E-state index in [0.717, 1.165) is 42.9 Å². The standard InChI is InChI=1S/C16H15F2NOS/c17-12-5-4-11(10-13(12)18)14-6-7-15(21-14)16(20)19-8-2-1-3-9-19/h4-7,10H,1-3,8-9H2. The van der Waals surface area contributed by atoms with E-state index in [-0.39, 0.29) is 5.91 Å². The Hall–Kier alpha value is -1.75. The summed E-state index contributed by atoms with van der Waals surface area (Å²) in [5.74, 6) is -1.70. The molecule has 21 heavy (non-hydrogen) atoms. The lowest BCUT2D eigenvalue weighted by Crippen LogP contribution is -2.35. The molecule has 1 aromatic carbocycles.